The van der Waals surface area contributed by atoms with Crippen molar-refractivity contribution in [2.24, 2.45) is 0 Å². The van der Waals surface area contributed by atoms with Gasteiger partial charge in [-0.2, -0.15) is 0 Å². The average molecular weight is 708 g/mol. The summed E-state index contributed by atoms with van der Waals surface area (Å²) >= 11 is 0. The molecule has 1 nitrogen and oxygen atoms in total. The van der Waals surface area contributed by atoms with Gasteiger partial charge in [-0.15, -0.1) is 0 Å². The maximum Gasteiger partial charge on any atom is 0.0533 e. The van der Waals surface area contributed by atoms with Gasteiger partial charge in [0.05, 0.1) is 5.69 Å². The van der Waals surface area contributed by atoms with Crippen LogP contribution in [0.4, 0.5) is 17.1 Å². The van der Waals surface area contributed by atoms with Crippen LogP contribution in [-0.4, -0.2) is 0 Å². The number of nitrogens with zero attached hydrogens (tertiary/aromatic N) is 1. The molecular formula is C54H45N. The maximum absolute atomic E-state index is 2.42. The molecule has 0 radical (unpaired) electrons. The predicted octanol–water partition coefficient (Wildman–Crippen LogP) is 14.3. The average Bonchev–Trinajstić information content (AvgIpc) is 3.26. The standard InChI is InChI=1S/C54H45N/c1-5-21-44(22-6-1)52(45-23-7-2-8-24-45)32-17-19-42-35-38-50(39-36-42)55(51-40-37-43-20-13-14-30-49(43)41-51)54-34-16-15-29-48(54)31-18-33-53(46-25-9-3-10-26-46)47-27-11-4-12-28-47/h1-12,15-19,21-29,31-41H,13-14,20,30H2/b19-17+,31-18+. The highest BCUT2D eigenvalue weighted by Gasteiger charge is 2.18. The van der Waals surface area contributed by atoms with E-state index in [0.29, 0.717) is 0 Å². The van der Waals surface area contributed by atoms with E-state index in [2.05, 4.69) is 229 Å². The third-order valence-electron chi connectivity index (χ3n) is 10.3. The lowest BCUT2D eigenvalue weighted by molar-refractivity contribution is 0.685. The molecule has 0 N–H and O–H groups in total. The van der Waals surface area contributed by atoms with Crippen LogP contribution < -0.4 is 4.90 Å². The summed E-state index contributed by atoms with van der Waals surface area (Å²) in [5.41, 5.74) is 15.9. The molecule has 0 fully saturated rings. The van der Waals surface area contributed by atoms with Crippen LogP contribution in [0.25, 0.3) is 23.3 Å². The number of hydrogen-bond acceptors (Lipinski definition) is 1. The smallest absolute Gasteiger partial charge is 0.0533 e. The highest BCUT2D eigenvalue weighted by Crippen LogP contribution is 2.39. The van der Waals surface area contributed by atoms with Crippen LogP contribution in [0.1, 0.15) is 57.3 Å². The number of allylic oxidation sites excluding steroid dienone is 4. The molecule has 0 aliphatic heterocycles. The fraction of sp³-hybridized carbons (Fsp3) is 0.0741. The van der Waals surface area contributed by atoms with Gasteiger partial charge in [-0.3, -0.25) is 0 Å². The Kier molecular flexibility index (Phi) is 11.2. The van der Waals surface area contributed by atoms with E-state index in [1.165, 1.54) is 63.1 Å². The molecule has 1 aliphatic rings. The van der Waals surface area contributed by atoms with Crippen LogP contribution in [0.15, 0.2) is 212 Å². The molecule has 1 aliphatic carbocycles. The first-order chi connectivity index (χ1) is 27.3. The van der Waals surface area contributed by atoms with Crippen molar-refractivity contribution < 1.29 is 0 Å². The van der Waals surface area contributed by atoms with Gasteiger partial charge < -0.3 is 4.90 Å². The largest absolute Gasteiger partial charge is 0.310 e. The van der Waals surface area contributed by atoms with Gasteiger partial charge in [0.2, 0.25) is 0 Å². The van der Waals surface area contributed by atoms with E-state index in [4.69, 9.17) is 0 Å². The van der Waals surface area contributed by atoms with E-state index in [9.17, 15) is 0 Å². The van der Waals surface area contributed by atoms with Crippen molar-refractivity contribution >= 4 is 40.4 Å². The molecule has 8 rings (SSSR count). The first-order valence-electron chi connectivity index (χ1n) is 19.4. The van der Waals surface area contributed by atoms with E-state index in [0.717, 1.165) is 35.3 Å². The first-order valence-corrected chi connectivity index (χ1v) is 19.4. The highest BCUT2D eigenvalue weighted by molar-refractivity contribution is 5.86. The summed E-state index contributed by atoms with van der Waals surface area (Å²) in [6.07, 6.45) is 18.1. The molecule has 0 saturated carbocycles. The highest BCUT2D eigenvalue weighted by atomic mass is 15.1. The van der Waals surface area contributed by atoms with Crippen LogP contribution in [0.2, 0.25) is 0 Å². The number of fused-ring (bicyclic) bond motifs is 1. The lowest BCUT2D eigenvalue weighted by Crippen LogP contribution is -2.13. The fourth-order valence-electron chi connectivity index (χ4n) is 7.55. The second-order valence-corrected chi connectivity index (χ2v) is 14.0. The minimum atomic E-state index is 1.13. The second-order valence-electron chi connectivity index (χ2n) is 14.0. The normalized spacial score (nSPS) is 12.3. The predicted molar refractivity (Wildman–Crippen MR) is 236 cm³/mol. The van der Waals surface area contributed by atoms with E-state index in [1.807, 2.05) is 0 Å². The molecule has 0 atom stereocenters. The zero-order chi connectivity index (χ0) is 37.1. The van der Waals surface area contributed by atoms with E-state index >= 15 is 0 Å². The third kappa shape index (κ3) is 8.59. The molecule has 0 heterocycles. The molecule has 0 bridgehead atoms. The van der Waals surface area contributed by atoms with Crippen molar-refractivity contribution in [1.29, 1.82) is 0 Å². The lowest BCUT2D eigenvalue weighted by atomic mass is 9.91. The van der Waals surface area contributed by atoms with Crippen LogP contribution in [0.3, 0.4) is 0 Å². The van der Waals surface area contributed by atoms with Gasteiger partial charge in [-0.1, -0.05) is 194 Å². The van der Waals surface area contributed by atoms with Gasteiger partial charge in [-0.25, -0.2) is 0 Å². The molecule has 0 unspecified atom stereocenters. The quantitative estimate of drug-likeness (QED) is 0.121. The monoisotopic (exact) mass is 707 g/mol. The number of aryl methyl sites for hydroxylation is 2. The van der Waals surface area contributed by atoms with Crippen LogP contribution in [0.5, 0.6) is 0 Å². The van der Waals surface area contributed by atoms with Crippen molar-refractivity contribution in [2.45, 2.75) is 25.7 Å². The molecule has 0 aromatic heterocycles. The Bertz CT molecular complexity index is 2350. The molecule has 7 aromatic rings. The summed E-state index contributed by atoms with van der Waals surface area (Å²) in [4.78, 5) is 2.42. The minimum Gasteiger partial charge on any atom is -0.310 e. The Balaban J connectivity index is 1.14. The molecular weight excluding hydrogens is 663 g/mol. The molecule has 1 heteroatoms. The van der Waals surface area contributed by atoms with Gasteiger partial charge in [0.1, 0.15) is 0 Å². The summed E-state index contributed by atoms with van der Waals surface area (Å²) in [5.74, 6) is 0. The summed E-state index contributed by atoms with van der Waals surface area (Å²) < 4.78 is 0. The molecule has 0 saturated heterocycles. The van der Waals surface area contributed by atoms with Crippen LogP contribution >= 0.6 is 0 Å². The van der Waals surface area contributed by atoms with E-state index in [-0.39, 0.29) is 0 Å². The van der Waals surface area contributed by atoms with Gasteiger partial charge in [0.25, 0.3) is 0 Å². The first kappa shape index (κ1) is 35.3. The topological polar surface area (TPSA) is 3.24 Å². The van der Waals surface area contributed by atoms with Gasteiger partial charge in [0, 0.05) is 11.4 Å². The number of hydrogen-bond donors (Lipinski definition) is 0. The zero-order valence-corrected chi connectivity index (χ0v) is 31.1. The summed E-state index contributed by atoms with van der Waals surface area (Å²) in [6.45, 7) is 0. The van der Waals surface area contributed by atoms with Crippen molar-refractivity contribution in [3.05, 3.63) is 257 Å². The second kappa shape index (κ2) is 17.4. The van der Waals surface area contributed by atoms with Gasteiger partial charge in [-0.05, 0) is 112 Å². The van der Waals surface area contributed by atoms with Crippen LogP contribution in [0, 0.1) is 0 Å². The Labute approximate surface area is 326 Å². The lowest BCUT2D eigenvalue weighted by Gasteiger charge is -2.29. The minimum absolute atomic E-state index is 1.13. The number of anilines is 3. The summed E-state index contributed by atoms with van der Waals surface area (Å²) in [6, 6.07) is 67.3. The summed E-state index contributed by atoms with van der Waals surface area (Å²) in [7, 11) is 0. The molecule has 7 aromatic carbocycles. The van der Waals surface area contributed by atoms with Crippen molar-refractivity contribution in [3.8, 4) is 0 Å². The van der Waals surface area contributed by atoms with Crippen molar-refractivity contribution in [3.63, 3.8) is 0 Å². The Morgan fingerprint density at radius 2 is 0.855 bits per heavy atom. The summed E-state index contributed by atoms with van der Waals surface area (Å²) in [5, 5.41) is 0. The van der Waals surface area contributed by atoms with Gasteiger partial charge >= 0.3 is 0 Å². The maximum atomic E-state index is 2.42. The molecule has 0 spiro atoms. The van der Waals surface area contributed by atoms with Crippen molar-refractivity contribution in [2.75, 3.05) is 4.90 Å². The Morgan fingerprint density at radius 1 is 0.400 bits per heavy atom. The van der Waals surface area contributed by atoms with E-state index in [1.54, 1.807) is 0 Å². The third-order valence-corrected chi connectivity index (χ3v) is 10.3. The number of rotatable bonds is 11. The zero-order valence-electron chi connectivity index (χ0n) is 31.1. The molecule has 55 heavy (non-hydrogen) atoms. The van der Waals surface area contributed by atoms with E-state index < -0.39 is 0 Å². The molecule has 0 amide bonds. The SMILES string of the molecule is C(/C=C/c1ccc(N(c2ccc3c(c2)CCCC3)c2ccccc2/C=C/C=C(c2ccccc2)c2ccccc2)cc1)=C(c1ccccc1)c1ccccc1. The van der Waals surface area contributed by atoms with Crippen molar-refractivity contribution in [1.82, 2.24) is 0 Å². The molecule has 266 valence electrons. The fourth-order valence-corrected chi connectivity index (χ4v) is 7.55. The van der Waals surface area contributed by atoms with Crippen LogP contribution in [-0.2, 0) is 12.8 Å². The Morgan fingerprint density at radius 3 is 1.40 bits per heavy atom. The number of benzene rings is 7. The Hall–Kier alpha value is -6.70. The number of para-hydroxylation sites is 1. The van der Waals surface area contributed by atoms with Gasteiger partial charge in [0.15, 0.2) is 0 Å².